The van der Waals surface area contributed by atoms with E-state index >= 15 is 0 Å². The second kappa shape index (κ2) is 14.1. The molecule has 0 saturated carbocycles. The number of thioether (sulfide) groups is 1. The van der Waals surface area contributed by atoms with Gasteiger partial charge in [0.05, 0.1) is 6.61 Å². The average Bonchev–Trinajstić information content (AvgIpc) is 2.61. The Labute approximate surface area is 166 Å². The van der Waals surface area contributed by atoms with Gasteiger partial charge in [-0.05, 0) is 50.6 Å². The first-order chi connectivity index (χ1) is 13.1. The number of aryl methyl sites for hydroxylation is 1. The van der Waals surface area contributed by atoms with Crippen LogP contribution in [0, 0.1) is 6.92 Å². The van der Waals surface area contributed by atoms with Crippen molar-refractivity contribution < 1.29 is 37.3 Å². The van der Waals surface area contributed by atoms with Gasteiger partial charge in [-0.3, -0.25) is 0 Å². The molecule has 28 heavy (non-hydrogen) atoms. The van der Waals surface area contributed by atoms with Gasteiger partial charge in [0.1, 0.15) is 5.75 Å². The zero-order valence-corrected chi connectivity index (χ0v) is 16.9. The van der Waals surface area contributed by atoms with Crippen molar-refractivity contribution in [2.75, 3.05) is 32.1 Å². The molecule has 0 bridgehead atoms. The molecule has 0 unspecified atom stereocenters. The largest absolute Gasteiger partial charge is 0.490 e. The number of carboxylic acid groups (broad SMARTS) is 1. The predicted molar refractivity (Wildman–Crippen MR) is 101 cm³/mol. The first-order valence-electron chi connectivity index (χ1n) is 8.64. The third-order valence-electron chi connectivity index (χ3n) is 3.01. The van der Waals surface area contributed by atoms with E-state index in [0.717, 1.165) is 36.6 Å². The second-order valence-corrected chi connectivity index (χ2v) is 6.59. The molecule has 0 fully saturated rings. The number of carboxylic acids is 1. The van der Waals surface area contributed by atoms with Gasteiger partial charge in [-0.1, -0.05) is 6.92 Å². The van der Waals surface area contributed by atoms with Crippen molar-refractivity contribution in [3.8, 4) is 5.75 Å². The van der Waals surface area contributed by atoms with E-state index in [1.807, 2.05) is 30.8 Å². The van der Waals surface area contributed by atoms with Crippen molar-refractivity contribution >= 4 is 23.7 Å². The topological polar surface area (TPSA) is 84.9 Å². The second-order valence-electron chi connectivity index (χ2n) is 5.42. The first kappa shape index (κ1) is 26.1. The summed E-state index contributed by atoms with van der Waals surface area (Å²) in [5.41, 5.74) is 1.03. The lowest BCUT2D eigenvalue weighted by molar-refractivity contribution is -0.192. The minimum atomic E-state index is -5.08. The lowest BCUT2D eigenvalue weighted by atomic mass is 10.2. The number of benzene rings is 1. The molecule has 0 aliphatic heterocycles. The molecule has 0 atom stereocenters. The molecule has 0 spiro atoms. The summed E-state index contributed by atoms with van der Waals surface area (Å²) < 4.78 is 42.0. The molecule has 1 aromatic carbocycles. The number of carbonyl (C=O) groups is 2. The summed E-state index contributed by atoms with van der Waals surface area (Å²) in [6.07, 6.45) is -3.92. The summed E-state index contributed by atoms with van der Waals surface area (Å²) in [7, 11) is 0. The van der Waals surface area contributed by atoms with Crippen LogP contribution in [0.25, 0.3) is 0 Å². The number of nitrogens with one attached hydrogen (secondary N) is 1. The van der Waals surface area contributed by atoms with E-state index in [1.54, 1.807) is 6.92 Å². The van der Waals surface area contributed by atoms with Crippen molar-refractivity contribution in [3.05, 3.63) is 23.8 Å². The number of hydrogen-bond donors (Lipinski definition) is 2. The Morgan fingerprint density at radius 1 is 1.21 bits per heavy atom. The molecule has 0 heterocycles. The average molecular weight is 425 g/mol. The summed E-state index contributed by atoms with van der Waals surface area (Å²) in [6, 6.07) is 6.03. The lowest BCUT2D eigenvalue weighted by Gasteiger charge is -2.10. The maximum atomic E-state index is 11.3. The molecule has 10 heteroatoms. The Morgan fingerprint density at radius 2 is 1.86 bits per heavy atom. The molecule has 0 aromatic heterocycles. The van der Waals surface area contributed by atoms with E-state index < -0.39 is 12.1 Å². The van der Waals surface area contributed by atoms with Crippen molar-refractivity contribution in [2.45, 2.75) is 38.3 Å². The van der Waals surface area contributed by atoms with Gasteiger partial charge in [-0.2, -0.15) is 13.2 Å². The van der Waals surface area contributed by atoms with Gasteiger partial charge >= 0.3 is 18.1 Å². The minimum absolute atomic E-state index is 0.0396. The normalized spacial score (nSPS) is 10.6. The van der Waals surface area contributed by atoms with E-state index in [4.69, 9.17) is 19.4 Å². The predicted octanol–water partition coefficient (Wildman–Crippen LogP) is 3.66. The summed E-state index contributed by atoms with van der Waals surface area (Å²) in [6.45, 7) is 8.35. The highest BCUT2D eigenvalue weighted by atomic mass is 32.2. The lowest BCUT2D eigenvalue weighted by Crippen LogP contribution is -2.21. The van der Waals surface area contributed by atoms with Crippen LogP contribution in [-0.4, -0.2) is 55.3 Å². The van der Waals surface area contributed by atoms with Gasteiger partial charge < -0.3 is 19.9 Å². The monoisotopic (exact) mass is 425 g/mol. The van der Waals surface area contributed by atoms with Crippen molar-refractivity contribution in [1.29, 1.82) is 0 Å². The van der Waals surface area contributed by atoms with E-state index in [0.29, 0.717) is 6.61 Å². The van der Waals surface area contributed by atoms with E-state index in [9.17, 15) is 18.0 Å². The molecule has 1 rings (SSSR count). The highest BCUT2D eigenvalue weighted by Gasteiger charge is 2.38. The molecule has 0 radical (unpaired) electrons. The molecular weight excluding hydrogens is 399 g/mol. The van der Waals surface area contributed by atoms with Gasteiger partial charge in [0.25, 0.3) is 0 Å². The van der Waals surface area contributed by atoms with Crippen molar-refractivity contribution in [2.24, 2.45) is 0 Å². The third kappa shape index (κ3) is 12.4. The number of aliphatic carboxylic acids is 1. The van der Waals surface area contributed by atoms with Gasteiger partial charge in [-0.15, -0.1) is 11.8 Å². The molecule has 0 aliphatic carbocycles. The van der Waals surface area contributed by atoms with Crippen LogP contribution in [0.15, 0.2) is 23.1 Å². The van der Waals surface area contributed by atoms with Crippen LogP contribution in [-0.2, 0) is 14.3 Å². The van der Waals surface area contributed by atoms with Crippen molar-refractivity contribution in [1.82, 2.24) is 5.32 Å². The molecular formula is C18H26F3NO5S. The van der Waals surface area contributed by atoms with Crippen LogP contribution >= 0.6 is 11.8 Å². The molecule has 0 amide bonds. The Balaban J connectivity index is 0.000000887. The SMILES string of the molecule is CCCNCCSc1ccc(OCC(=O)OCC)c(C)c1.O=C(O)C(F)(F)F. The highest BCUT2D eigenvalue weighted by Crippen LogP contribution is 2.25. The van der Waals surface area contributed by atoms with Gasteiger partial charge in [0.2, 0.25) is 0 Å². The Morgan fingerprint density at radius 3 is 2.36 bits per heavy atom. The number of halogens is 3. The molecule has 0 saturated heterocycles. The molecule has 0 aliphatic rings. The van der Waals surface area contributed by atoms with Gasteiger partial charge in [-0.25, -0.2) is 9.59 Å². The number of rotatable bonds is 10. The Bertz CT molecular complexity index is 611. The van der Waals surface area contributed by atoms with Crippen LogP contribution in [0.2, 0.25) is 0 Å². The van der Waals surface area contributed by atoms with Crippen LogP contribution < -0.4 is 10.1 Å². The smallest absolute Gasteiger partial charge is 0.482 e. The minimum Gasteiger partial charge on any atom is -0.482 e. The van der Waals surface area contributed by atoms with E-state index in [-0.39, 0.29) is 12.6 Å². The van der Waals surface area contributed by atoms with Gasteiger partial charge in [0, 0.05) is 17.2 Å². The molecule has 6 nitrogen and oxygen atoms in total. The molecule has 2 N–H and O–H groups in total. The standard InChI is InChI=1S/C16H25NO3S.C2HF3O2/c1-4-8-17-9-10-21-14-6-7-15(13(3)11-14)20-12-16(18)19-5-2;3-2(4,5)1(6)7/h6-7,11,17H,4-5,8-10,12H2,1-3H3;(H,6,7). The van der Waals surface area contributed by atoms with Crippen molar-refractivity contribution in [3.63, 3.8) is 0 Å². The summed E-state index contributed by atoms with van der Waals surface area (Å²) in [5, 5.41) is 10.5. The first-order valence-corrected chi connectivity index (χ1v) is 9.63. The number of hydrogen-bond acceptors (Lipinski definition) is 6. The molecule has 160 valence electrons. The molecule has 1 aromatic rings. The highest BCUT2D eigenvalue weighted by molar-refractivity contribution is 7.99. The summed E-state index contributed by atoms with van der Waals surface area (Å²) in [5.74, 6) is -1.32. The van der Waals surface area contributed by atoms with E-state index in [1.165, 1.54) is 4.90 Å². The summed E-state index contributed by atoms with van der Waals surface area (Å²) >= 11 is 1.82. The van der Waals surface area contributed by atoms with Crippen LogP contribution in [0.1, 0.15) is 25.8 Å². The number of carbonyl (C=O) groups excluding carboxylic acids is 1. The Hall–Kier alpha value is -1.94. The number of alkyl halides is 3. The zero-order valence-electron chi connectivity index (χ0n) is 16.1. The Kier molecular flexibility index (Phi) is 13.1. The quantitative estimate of drug-likeness (QED) is 0.336. The van der Waals surface area contributed by atoms with Crippen LogP contribution in [0.5, 0.6) is 5.75 Å². The zero-order chi connectivity index (χ0) is 21.6. The number of esters is 1. The summed E-state index contributed by atoms with van der Waals surface area (Å²) in [4.78, 5) is 21.4. The fourth-order valence-electron chi connectivity index (χ4n) is 1.76. The third-order valence-corrected chi connectivity index (χ3v) is 4.01. The van der Waals surface area contributed by atoms with E-state index in [2.05, 4.69) is 18.3 Å². The maximum absolute atomic E-state index is 11.3. The maximum Gasteiger partial charge on any atom is 0.490 e. The van der Waals surface area contributed by atoms with Crippen LogP contribution in [0.4, 0.5) is 13.2 Å². The fraction of sp³-hybridized carbons (Fsp3) is 0.556. The fourth-order valence-corrected chi connectivity index (χ4v) is 2.66. The number of ether oxygens (including phenoxy) is 2. The van der Waals surface area contributed by atoms with Crippen LogP contribution in [0.3, 0.4) is 0 Å². The van der Waals surface area contributed by atoms with Gasteiger partial charge in [0.15, 0.2) is 6.61 Å².